The number of anilines is 2. The van der Waals surface area contributed by atoms with Crippen LogP contribution >= 0.6 is 0 Å². The van der Waals surface area contributed by atoms with E-state index in [9.17, 15) is 14.4 Å². The highest BCUT2D eigenvalue weighted by atomic mass is 16.7. The molecule has 1 saturated heterocycles. The molecule has 0 aliphatic carbocycles. The summed E-state index contributed by atoms with van der Waals surface area (Å²) in [4.78, 5) is 50.8. The van der Waals surface area contributed by atoms with E-state index >= 15 is 0 Å². The van der Waals surface area contributed by atoms with E-state index in [1.54, 1.807) is 43.0 Å². The third kappa shape index (κ3) is 3.67. The number of nitrogens with zero attached hydrogens (tertiary/aromatic N) is 2. The van der Waals surface area contributed by atoms with Crippen LogP contribution in [0.25, 0.3) is 0 Å². The molecule has 38 heavy (non-hydrogen) atoms. The van der Waals surface area contributed by atoms with Crippen LogP contribution in [-0.2, 0) is 40.8 Å². The van der Waals surface area contributed by atoms with E-state index in [1.165, 1.54) is 5.06 Å². The van der Waals surface area contributed by atoms with Crippen LogP contribution in [0.1, 0.15) is 31.4 Å². The predicted octanol–water partition coefficient (Wildman–Crippen LogP) is 4.38. The lowest BCUT2D eigenvalue weighted by atomic mass is 9.62. The number of hydrogen-bond donors (Lipinski definition) is 0. The summed E-state index contributed by atoms with van der Waals surface area (Å²) in [7, 11) is 0. The number of carbonyl (C=O) groups is 3. The first kappa shape index (κ1) is 25.5. The Morgan fingerprint density at radius 3 is 2.05 bits per heavy atom. The molecule has 8 heteroatoms. The molecular weight excluding hydrogens is 484 g/mol. The van der Waals surface area contributed by atoms with Gasteiger partial charge in [0, 0.05) is 12.0 Å². The van der Waals surface area contributed by atoms with Gasteiger partial charge >= 0.3 is 11.9 Å². The van der Waals surface area contributed by atoms with Crippen LogP contribution in [0.3, 0.4) is 0 Å². The van der Waals surface area contributed by atoms with Crippen molar-refractivity contribution in [2.24, 2.45) is 5.41 Å². The fourth-order valence-electron chi connectivity index (χ4n) is 5.63. The van der Waals surface area contributed by atoms with Gasteiger partial charge in [0.05, 0.1) is 37.7 Å². The fraction of sp³-hybridized carbons (Fsp3) is 0.300. The van der Waals surface area contributed by atoms with Crippen molar-refractivity contribution in [3.63, 3.8) is 0 Å². The van der Waals surface area contributed by atoms with E-state index in [2.05, 4.69) is 0 Å². The minimum atomic E-state index is -2.02. The van der Waals surface area contributed by atoms with Crippen LogP contribution in [0.4, 0.5) is 11.4 Å². The molecule has 2 aliphatic rings. The molecule has 1 fully saturated rings. The highest BCUT2D eigenvalue weighted by molar-refractivity contribution is 6.18. The van der Waals surface area contributed by atoms with Gasteiger partial charge in [-0.3, -0.25) is 19.2 Å². The number of hydroxylamine groups is 1. The summed E-state index contributed by atoms with van der Waals surface area (Å²) in [5, 5.41) is 1.43. The van der Waals surface area contributed by atoms with Crippen molar-refractivity contribution in [1.29, 1.82) is 0 Å². The van der Waals surface area contributed by atoms with Crippen LogP contribution in [-0.4, -0.2) is 37.7 Å². The zero-order valence-corrected chi connectivity index (χ0v) is 21.5. The zero-order chi connectivity index (χ0) is 26.8. The largest absolute Gasteiger partial charge is 0.465 e. The van der Waals surface area contributed by atoms with Crippen molar-refractivity contribution in [3.8, 4) is 0 Å². The topological polar surface area (TPSA) is 85.4 Å². The maximum Gasteiger partial charge on any atom is 0.327 e. The molecule has 2 heterocycles. The Balaban J connectivity index is 1.83. The standard InChI is InChI=1S/C30H30N2O6/c1-3-36-27(34)29(28(35)37-4-2)19-20-38-32(23-15-9-6-10-16-23)30(29)24-17-11-12-18-25(24)31(26(30)33)21-22-13-7-5-8-14-22/h5-18H,3-4,19-21H2,1-2H3. The number of amides is 1. The molecule has 5 rings (SSSR count). The fourth-order valence-corrected chi connectivity index (χ4v) is 5.63. The summed E-state index contributed by atoms with van der Waals surface area (Å²) in [5.41, 5.74) is -1.44. The summed E-state index contributed by atoms with van der Waals surface area (Å²) in [6.45, 7) is 3.65. The second kappa shape index (κ2) is 10.3. The number of hydrogen-bond acceptors (Lipinski definition) is 7. The van der Waals surface area contributed by atoms with E-state index < -0.39 is 28.8 Å². The number of carbonyl (C=O) groups excluding carboxylic acids is 3. The van der Waals surface area contributed by atoms with Gasteiger partial charge in [0.1, 0.15) is 0 Å². The Hall–Kier alpha value is -4.17. The normalized spacial score (nSPS) is 19.8. The third-order valence-electron chi connectivity index (χ3n) is 7.18. The minimum absolute atomic E-state index is 0.00239. The number of benzene rings is 3. The molecule has 0 bridgehead atoms. The Morgan fingerprint density at radius 2 is 1.42 bits per heavy atom. The molecule has 1 atom stereocenters. The van der Waals surface area contributed by atoms with E-state index in [0.29, 0.717) is 16.9 Å². The van der Waals surface area contributed by atoms with Gasteiger partial charge < -0.3 is 14.4 Å². The number of para-hydroxylation sites is 2. The summed E-state index contributed by atoms with van der Waals surface area (Å²) in [5.74, 6) is -2.09. The monoisotopic (exact) mass is 514 g/mol. The molecule has 0 aromatic heterocycles. The average Bonchev–Trinajstić information content (AvgIpc) is 3.18. The molecule has 1 amide bonds. The van der Waals surface area contributed by atoms with E-state index in [0.717, 1.165) is 5.56 Å². The van der Waals surface area contributed by atoms with Crippen molar-refractivity contribution in [3.05, 3.63) is 96.1 Å². The lowest BCUT2D eigenvalue weighted by Crippen LogP contribution is -2.71. The van der Waals surface area contributed by atoms with Crippen molar-refractivity contribution in [1.82, 2.24) is 0 Å². The van der Waals surface area contributed by atoms with Gasteiger partial charge in [-0.15, -0.1) is 0 Å². The van der Waals surface area contributed by atoms with Gasteiger partial charge in [-0.05, 0) is 37.6 Å². The van der Waals surface area contributed by atoms with Gasteiger partial charge in [-0.1, -0.05) is 66.7 Å². The van der Waals surface area contributed by atoms with Gasteiger partial charge in [-0.25, -0.2) is 5.06 Å². The van der Waals surface area contributed by atoms with Crippen LogP contribution in [0.5, 0.6) is 0 Å². The smallest absolute Gasteiger partial charge is 0.327 e. The summed E-state index contributed by atoms with van der Waals surface area (Å²) in [6.07, 6.45) is -0.0900. The quantitative estimate of drug-likeness (QED) is 0.342. The van der Waals surface area contributed by atoms with Gasteiger partial charge in [-0.2, -0.15) is 0 Å². The minimum Gasteiger partial charge on any atom is -0.465 e. The molecule has 0 N–H and O–H groups in total. The molecule has 3 aromatic rings. The molecular formula is C30H30N2O6. The summed E-state index contributed by atoms with van der Waals surface area (Å²) < 4.78 is 11.1. The maximum atomic E-state index is 14.9. The lowest BCUT2D eigenvalue weighted by molar-refractivity contribution is -0.194. The first-order valence-corrected chi connectivity index (χ1v) is 12.8. The van der Waals surface area contributed by atoms with Gasteiger partial charge in [0.2, 0.25) is 5.41 Å². The first-order chi connectivity index (χ1) is 18.5. The Bertz CT molecular complexity index is 1310. The van der Waals surface area contributed by atoms with E-state index in [-0.39, 0.29) is 32.8 Å². The summed E-state index contributed by atoms with van der Waals surface area (Å²) in [6, 6.07) is 25.8. The SMILES string of the molecule is CCOC(=O)C1(C(=O)OCC)CCON(c2ccccc2)C12C(=O)N(Cc1ccccc1)c1ccccc12. The Kier molecular flexibility index (Phi) is 6.91. The number of rotatable bonds is 7. The maximum absolute atomic E-state index is 14.9. The van der Waals surface area contributed by atoms with Gasteiger partial charge in [0.25, 0.3) is 5.91 Å². The van der Waals surface area contributed by atoms with Crippen LogP contribution in [0.2, 0.25) is 0 Å². The van der Waals surface area contributed by atoms with Crippen molar-refractivity contribution >= 4 is 29.2 Å². The number of ether oxygens (including phenoxy) is 2. The molecule has 8 nitrogen and oxygen atoms in total. The first-order valence-electron chi connectivity index (χ1n) is 12.8. The summed E-state index contributed by atoms with van der Waals surface area (Å²) >= 11 is 0. The van der Waals surface area contributed by atoms with Gasteiger partial charge in [0.15, 0.2) is 5.54 Å². The molecule has 3 aromatic carbocycles. The Morgan fingerprint density at radius 1 is 0.842 bits per heavy atom. The number of esters is 2. The lowest BCUT2D eigenvalue weighted by Gasteiger charge is -2.52. The Labute approximate surface area is 221 Å². The molecule has 0 radical (unpaired) electrons. The van der Waals surface area contributed by atoms with E-state index in [1.807, 2.05) is 60.7 Å². The van der Waals surface area contributed by atoms with Crippen molar-refractivity contribution < 1.29 is 28.7 Å². The second-order valence-electron chi connectivity index (χ2n) is 9.16. The number of fused-ring (bicyclic) bond motifs is 2. The predicted molar refractivity (Wildman–Crippen MR) is 141 cm³/mol. The van der Waals surface area contributed by atoms with Crippen molar-refractivity contribution in [2.75, 3.05) is 29.8 Å². The highest BCUT2D eigenvalue weighted by Crippen LogP contribution is 2.59. The molecule has 0 saturated carbocycles. The van der Waals surface area contributed by atoms with Crippen LogP contribution in [0, 0.1) is 5.41 Å². The average molecular weight is 515 g/mol. The highest BCUT2D eigenvalue weighted by Gasteiger charge is 2.76. The van der Waals surface area contributed by atoms with E-state index in [4.69, 9.17) is 14.3 Å². The molecule has 1 unspecified atom stereocenters. The third-order valence-corrected chi connectivity index (χ3v) is 7.18. The molecule has 2 aliphatic heterocycles. The van der Waals surface area contributed by atoms with Crippen molar-refractivity contribution in [2.45, 2.75) is 32.4 Å². The molecule has 1 spiro atoms. The molecule has 196 valence electrons. The van der Waals surface area contributed by atoms with Crippen LogP contribution < -0.4 is 9.96 Å². The zero-order valence-electron chi connectivity index (χ0n) is 21.5. The van der Waals surface area contributed by atoms with Crippen LogP contribution in [0.15, 0.2) is 84.9 Å². The second-order valence-corrected chi connectivity index (χ2v) is 9.16.